The van der Waals surface area contributed by atoms with Crippen LogP contribution in [0.3, 0.4) is 0 Å². The Hall–Kier alpha value is -1.35. The second-order valence-corrected chi connectivity index (χ2v) is 3.56. The van der Waals surface area contributed by atoms with Crippen molar-refractivity contribution in [1.82, 2.24) is 9.88 Å². The van der Waals surface area contributed by atoms with Crippen molar-refractivity contribution in [2.45, 2.75) is 6.42 Å². The van der Waals surface area contributed by atoms with E-state index in [0.29, 0.717) is 0 Å². The van der Waals surface area contributed by atoms with Gasteiger partial charge in [-0.1, -0.05) is 6.08 Å². The zero-order chi connectivity index (χ0) is 9.97. The Bertz CT molecular complexity index is 418. The molecular weight excluding hydrogens is 176 g/mol. The summed E-state index contributed by atoms with van der Waals surface area (Å²) >= 11 is 0. The van der Waals surface area contributed by atoms with Gasteiger partial charge in [-0.05, 0) is 30.2 Å². The summed E-state index contributed by atoms with van der Waals surface area (Å²) in [6.07, 6.45) is 5.06. The molecule has 74 valence electrons. The van der Waals surface area contributed by atoms with Crippen molar-refractivity contribution in [3.05, 3.63) is 40.3 Å². The molecule has 0 atom stereocenters. The lowest BCUT2D eigenvalue weighted by Gasteiger charge is -2.14. The van der Waals surface area contributed by atoms with Gasteiger partial charge in [-0.15, -0.1) is 0 Å². The molecule has 0 saturated carbocycles. The van der Waals surface area contributed by atoms with Gasteiger partial charge in [-0.3, -0.25) is 4.79 Å². The van der Waals surface area contributed by atoms with Crippen LogP contribution in [0.5, 0.6) is 0 Å². The van der Waals surface area contributed by atoms with Gasteiger partial charge in [0.2, 0.25) is 0 Å². The first-order chi connectivity index (χ1) is 6.77. The molecule has 3 heteroatoms. The van der Waals surface area contributed by atoms with Gasteiger partial charge in [0.15, 0.2) is 0 Å². The summed E-state index contributed by atoms with van der Waals surface area (Å²) in [5.74, 6) is 0. The molecular formula is C11H14N2O. The maximum absolute atomic E-state index is 11.4. The van der Waals surface area contributed by atoms with E-state index < -0.39 is 0 Å². The lowest BCUT2D eigenvalue weighted by molar-refractivity contribution is 0.738. The molecule has 0 saturated heterocycles. The molecule has 2 heterocycles. The minimum absolute atomic E-state index is 0.0500. The van der Waals surface area contributed by atoms with Crippen LogP contribution in [0.15, 0.2) is 29.2 Å². The van der Waals surface area contributed by atoms with E-state index in [1.807, 2.05) is 12.3 Å². The summed E-state index contributed by atoms with van der Waals surface area (Å²) in [5, 5.41) is 3.29. The second-order valence-electron chi connectivity index (χ2n) is 3.56. The highest BCUT2D eigenvalue weighted by atomic mass is 16.1. The van der Waals surface area contributed by atoms with E-state index in [2.05, 4.69) is 11.4 Å². The van der Waals surface area contributed by atoms with Crippen molar-refractivity contribution < 1.29 is 0 Å². The molecule has 0 radical (unpaired) electrons. The summed E-state index contributed by atoms with van der Waals surface area (Å²) in [5.41, 5.74) is 2.32. The fourth-order valence-corrected chi connectivity index (χ4v) is 1.61. The highest BCUT2D eigenvalue weighted by molar-refractivity contribution is 5.67. The largest absolute Gasteiger partial charge is 0.319 e. The summed E-state index contributed by atoms with van der Waals surface area (Å²) in [7, 11) is 1.76. The van der Waals surface area contributed by atoms with E-state index in [-0.39, 0.29) is 5.56 Å². The number of aryl methyl sites for hydroxylation is 1. The van der Waals surface area contributed by atoms with Crippen LogP contribution in [0.1, 0.15) is 12.0 Å². The lowest BCUT2D eigenvalue weighted by Crippen LogP contribution is -2.23. The average Bonchev–Trinajstić information content (AvgIpc) is 2.23. The summed E-state index contributed by atoms with van der Waals surface area (Å²) in [6, 6.07) is 3.68. The minimum Gasteiger partial charge on any atom is -0.319 e. The van der Waals surface area contributed by atoms with Crippen LogP contribution in [0, 0.1) is 0 Å². The van der Waals surface area contributed by atoms with Gasteiger partial charge in [0.1, 0.15) is 0 Å². The van der Waals surface area contributed by atoms with Crippen molar-refractivity contribution in [3.8, 4) is 0 Å². The Morgan fingerprint density at radius 2 is 2.36 bits per heavy atom. The normalized spacial score (nSPS) is 16.5. The smallest absolute Gasteiger partial charge is 0.250 e. The first-order valence-corrected chi connectivity index (χ1v) is 4.84. The number of nitrogens with one attached hydrogen (secondary N) is 1. The summed E-state index contributed by atoms with van der Waals surface area (Å²) in [4.78, 5) is 11.4. The van der Waals surface area contributed by atoms with Gasteiger partial charge < -0.3 is 9.88 Å². The van der Waals surface area contributed by atoms with Gasteiger partial charge in [-0.2, -0.15) is 0 Å². The highest BCUT2D eigenvalue weighted by Crippen LogP contribution is 2.14. The molecule has 1 aliphatic rings. The molecule has 1 aromatic heterocycles. The molecule has 0 aliphatic carbocycles. The molecule has 1 aromatic rings. The maximum atomic E-state index is 11.4. The Kier molecular flexibility index (Phi) is 2.50. The Labute approximate surface area is 83.1 Å². The van der Waals surface area contributed by atoms with E-state index in [4.69, 9.17) is 0 Å². The van der Waals surface area contributed by atoms with Crippen molar-refractivity contribution in [2.24, 2.45) is 7.05 Å². The van der Waals surface area contributed by atoms with Crippen LogP contribution >= 0.6 is 0 Å². The molecule has 0 unspecified atom stereocenters. The van der Waals surface area contributed by atoms with E-state index >= 15 is 0 Å². The Balaban J connectivity index is 2.37. The number of pyridine rings is 1. The molecule has 0 aromatic carbocycles. The summed E-state index contributed by atoms with van der Waals surface area (Å²) in [6.45, 7) is 1.90. The third-order valence-corrected chi connectivity index (χ3v) is 2.50. The predicted octanol–water partition coefficient (Wildman–Crippen LogP) is 0.762. The average molecular weight is 190 g/mol. The summed E-state index contributed by atoms with van der Waals surface area (Å²) < 4.78 is 1.58. The van der Waals surface area contributed by atoms with E-state index in [1.54, 1.807) is 17.7 Å². The first-order valence-electron chi connectivity index (χ1n) is 4.84. The predicted molar refractivity (Wildman–Crippen MR) is 57.1 cm³/mol. The maximum Gasteiger partial charge on any atom is 0.250 e. The standard InChI is InChI=1S/C11H14N2O/c1-13-6-4-9(7-11(13)14)10-3-2-5-12-8-10/h3-4,6-7,12H,2,5,8H2,1H3. The number of nitrogens with zero attached hydrogens (tertiary/aromatic N) is 1. The molecule has 14 heavy (non-hydrogen) atoms. The molecule has 0 spiro atoms. The van der Waals surface area contributed by atoms with E-state index in [1.165, 1.54) is 5.57 Å². The van der Waals surface area contributed by atoms with Crippen molar-refractivity contribution in [3.63, 3.8) is 0 Å². The van der Waals surface area contributed by atoms with Crippen molar-refractivity contribution in [2.75, 3.05) is 13.1 Å². The van der Waals surface area contributed by atoms with Crippen LogP contribution in [0.4, 0.5) is 0 Å². The SMILES string of the molecule is Cn1ccc(C2=CCCNC2)cc1=O. The van der Waals surface area contributed by atoms with E-state index in [9.17, 15) is 4.79 Å². The lowest BCUT2D eigenvalue weighted by atomic mass is 10.0. The zero-order valence-corrected chi connectivity index (χ0v) is 8.29. The van der Waals surface area contributed by atoms with Crippen LogP contribution in [0.25, 0.3) is 5.57 Å². The highest BCUT2D eigenvalue weighted by Gasteiger charge is 2.05. The molecule has 2 rings (SSSR count). The number of rotatable bonds is 1. The van der Waals surface area contributed by atoms with Crippen LogP contribution in [-0.4, -0.2) is 17.7 Å². The van der Waals surface area contributed by atoms with Crippen molar-refractivity contribution in [1.29, 1.82) is 0 Å². The number of aromatic nitrogens is 1. The first kappa shape index (κ1) is 9.21. The van der Waals surface area contributed by atoms with Gasteiger partial charge in [-0.25, -0.2) is 0 Å². The molecule has 1 N–H and O–H groups in total. The molecule has 0 amide bonds. The van der Waals surface area contributed by atoms with Gasteiger partial charge in [0, 0.05) is 25.9 Å². The fourth-order valence-electron chi connectivity index (χ4n) is 1.61. The number of hydrogen-bond donors (Lipinski definition) is 1. The van der Waals surface area contributed by atoms with Gasteiger partial charge >= 0.3 is 0 Å². The minimum atomic E-state index is 0.0500. The van der Waals surface area contributed by atoms with Crippen molar-refractivity contribution >= 4 is 5.57 Å². The van der Waals surface area contributed by atoms with E-state index in [0.717, 1.165) is 25.1 Å². The quantitative estimate of drug-likeness (QED) is 0.709. The van der Waals surface area contributed by atoms with Crippen LogP contribution in [-0.2, 0) is 7.05 Å². The third kappa shape index (κ3) is 1.77. The zero-order valence-electron chi connectivity index (χ0n) is 8.29. The number of hydrogen-bond acceptors (Lipinski definition) is 2. The van der Waals surface area contributed by atoms with Crippen LogP contribution < -0.4 is 10.9 Å². The Morgan fingerprint density at radius 3 is 3.00 bits per heavy atom. The van der Waals surface area contributed by atoms with Gasteiger partial charge in [0.25, 0.3) is 5.56 Å². The topological polar surface area (TPSA) is 34.0 Å². The molecule has 3 nitrogen and oxygen atoms in total. The molecule has 0 bridgehead atoms. The monoisotopic (exact) mass is 190 g/mol. The Morgan fingerprint density at radius 1 is 1.50 bits per heavy atom. The molecule has 1 aliphatic heterocycles. The van der Waals surface area contributed by atoms with Gasteiger partial charge in [0.05, 0.1) is 0 Å². The second kappa shape index (κ2) is 3.80. The molecule has 0 fully saturated rings. The third-order valence-electron chi connectivity index (χ3n) is 2.50. The van der Waals surface area contributed by atoms with Crippen LogP contribution in [0.2, 0.25) is 0 Å². The fraction of sp³-hybridized carbons (Fsp3) is 0.364.